The van der Waals surface area contributed by atoms with Crippen LogP contribution in [0.1, 0.15) is 18.1 Å². The second kappa shape index (κ2) is 9.92. The van der Waals surface area contributed by atoms with Gasteiger partial charge in [-0.15, -0.1) is 11.8 Å². The van der Waals surface area contributed by atoms with Crippen LogP contribution in [-0.2, 0) is 27.0 Å². The highest BCUT2D eigenvalue weighted by Crippen LogP contribution is 2.21. The highest BCUT2D eigenvalue weighted by molar-refractivity contribution is 7.99. The maximum absolute atomic E-state index is 12.2. The molecule has 0 radical (unpaired) electrons. The molecule has 146 valence electrons. The number of amides is 1. The van der Waals surface area contributed by atoms with Crippen LogP contribution in [0, 0.1) is 0 Å². The maximum Gasteiger partial charge on any atom is 0.242 e. The molecule has 2 aromatic carbocycles. The van der Waals surface area contributed by atoms with Crippen LogP contribution in [-0.4, -0.2) is 44.5 Å². The number of nitrogens with one attached hydrogen (secondary N) is 1. The van der Waals surface area contributed by atoms with Gasteiger partial charge < -0.3 is 5.32 Å². The first kappa shape index (κ1) is 21.5. The number of rotatable bonds is 9. The molecule has 1 unspecified atom stereocenters. The van der Waals surface area contributed by atoms with Crippen LogP contribution in [0.2, 0.25) is 0 Å². The highest BCUT2D eigenvalue weighted by atomic mass is 32.2. The zero-order chi connectivity index (χ0) is 19.9. The average Bonchev–Trinajstić information content (AvgIpc) is 2.67. The fourth-order valence-corrected chi connectivity index (χ4v) is 4.25. The molecule has 0 aliphatic rings. The van der Waals surface area contributed by atoms with Crippen molar-refractivity contribution in [1.29, 1.82) is 0 Å². The lowest BCUT2D eigenvalue weighted by molar-refractivity contribution is -0.120. The fraction of sp³-hybridized carbons (Fsp3) is 0.350. The summed E-state index contributed by atoms with van der Waals surface area (Å²) in [6.07, 6.45) is 0.800. The van der Waals surface area contributed by atoms with Gasteiger partial charge >= 0.3 is 0 Å². The standard InChI is InChI=1S/C20H26N2O3S2/c1-16(20(23)21-13-12-17-8-5-4-6-9-17)26-15-18-10-7-11-19(14-18)27(24,25)22(2)3/h4-11,14,16H,12-13,15H2,1-3H3,(H,21,23). The molecule has 0 saturated carbocycles. The van der Waals surface area contributed by atoms with E-state index in [-0.39, 0.29) is 16.1 Å². The number of sulfonamides is 1. The molecule has 0 aromatic heterocycles. The van der Waals surface area contributed by atoms with E-state index in [1.54, 1.807) is 18.2 Å². The Kier molecular flexibility index (Phi) is 7.89. The number of hydrogen-bond donors (Lipinski definition) is 1. The quantitative estimate of drug-likeness (QED) is 0.695. The topological polar surface area (TPSA) is 66.5 Å². The van der Waals surface area contributed by atoms with Crippen LogP contribution in [0.4, 0.5) is 0 Å². The van der Waals surface area contributed by atoms with E-state index in [9.17, 15) is 13.2 Å². The SMILES string of the molecule is CC(SCc1cccc(S(=O)(=O)N(C)C)c1)C(=O)NCCc1ccccc1. The molecule has 0 saturated heterocycles. The summed E-state index contributed by atoms with van der Waals surface area (Å²) in [5, 5.41) is 2.74. The van der Waals surface area contributed by atoms with Crippen LogP contribution in [0.25, 0.3) is 0 Å². The predicted octanol–water partition coefficient (Wildman–Crippen LogP) is 2.92. The van der Waals surface area contributed by atoms with Gasteiger partial charge in [-0.2, -0.15) is 0 Å². The van der Waals surface area contributed by atoms with Gasteiger partial charge in [0.05, 0.1) is 10.1 Å². The van der Waals surface area contributed by atoms with Gasteiger partial charge in [-0.05, 0) is 36.6 Å². The van der Waals surface area contributed by atoms with Gasteiger partial charge in [-0.3, -0.25) is 4.79 Å². The molecule has 0 aliphatic heterocycles. The largest absolute Gasteiger partial charge is 0.355 e. The monoisotopic (exact) mass is 406 g/mol. The molecule has 0 fully saturated rings. The molecule has 1 N–H and O–H groups in total. The highest BCUT2D eigenvalue weighted by Gasteiger charge is 2.18. The summed E-state index contributed by atoms with van der Waals surface area (Å²) in [5.41, 5.74) is 2.07. The Hall–Kier alpha value is -1.83. The smallest absolute Gasteiger partial charge is 0.242 e. The summed E-state index contributed by atoms with van der Waals surface area (Å²) in [7, 11) is -0.423. The Balaban J connectivity index is 1.84. The van der Waals surface area contributed by atoms with Gasteiger partial charge in [0.2, 0.25) is 15.9 Å². The van der Waals surface area contributed by atoms with E-state index in [4.69, 9.17) is 0 Å². The number of hydrogen-bond acceptors (Lipinski definition) is 4. The Bertz CT molecular complexity index is 853. The summed E-state index contributed by atoms with van der Waals surface area (Å²) in [6, 6.07) is 16.9. The molecule has 1 amide bonds. The number of nitrogens with zero attached hydrogens (tertiary/aromatic N) is 1. The van der Waals surface area contributed by atoms with Gasteiger partial charge in [0.15, 0.2) is 0 Å². The van der Waals surface area contributed by atoms with Crippen LogP contribution in [0.15, 0.2) is 59.5 Å². The molecular formula is C20H26N2O3S2. The number of carbonyl (C=O) groups is 1. The van der Waals surface area contributed by atoms with Crippen molar-refractivity contribution in [3.05, 3.63) is 65.7 Å². The zero-order valence-corrected chi connectivity index (χ0v) is 17.5. The summed E-state index contributed by atoms with van der Waals surface area (Å²) < 4.78 is 25.6. The molecule has 2 rings (SSSR count). The lowest BCUT2D eigenvalue weighted by atomic mass is 10.1. The predicted molar refractivity (Wildman–Crippen MR) is 111 cm³/mol. The van der Waals surface area contributed by atoms with E-state index in [1.165, 1.54) is 35.7 Å². The Morgan fingerprint density at radius 1 is 1.07 bits per heavy atom. The third-order valence-corrected chi connectivity index (χ3v) is 7.13. The summed E-state index contributed by atoms with van der Waals surface area (Å²) in [4.78, 5) is 12.5. The third kappa shape index (κ3) is 6.37. The zero-order valence-electron chi connectivity index (χ0n) is 15.9. The fourth-order valence-electron chi connectivity index (χ4n) is 2.42. The third-order valence-electron chi connectivity index (χ3n) is 4.10. The van der Waals surface area contributed by atoms with E-state index in [0.717, 1.165) is 12.0 Å². The minimum absolute atomic E-state index is 0.00648. The number of carbonyl (C=O) groups excluding carboxylic acids is 1. The van der Waals surface area contributed by atoms with E-state index < -0.39 is 10.0 Å². The second-order valence-electron chi connectivity index (χ2n) is 6.41. The normalized spacial score (nSPS) is 12.7. The number of thioether (sulfide) groups is 1. The minimum Gasteiger partial charge on any atom is -0.355 e. The maximum atomic E-state index is 12.2. The van der Waals surface area contributed by atoms with Gasteiger partial charge in [0.1, 0.15) is 0 Å². The minimum atomic E-state index is -3.45. The van der Waals surface area contributed by atoms with Gasteiger partial charge in [0, 0.05) is 26.4 Å². The second-order valence-corrected chi connectivity index (χ2v) is 9.90. The molecule has 0 spiro atoms. The summed E-state index contributed by atoms with van der Waals surface area (Å²) in [6.45, 7) is 2.47. The van der Waals surface area contributed by atoms with Gasteiger partial charge in [0.25, 0.3) is 0 Å². The van der Waals surface area contributed by atoms with Crippen LogP contribution in [0.3, 0.4) is 0 Å². The van der Waals surface area contributed by atoms with Gasteiger partial charge in [-0.25, -0.2) is 12.7 Å². The van der Waals surface area contributed by atoms with Crippen LogP contribution >= 0.6 is 11.8 Å². The first-order valence-electron chi connectivity index (χ1n) is 8.75. The van der Waals surface area contributed by atoms with Crippen molar-refractivity contribution < 1.29 is 13.2 Å². The van der Waals surface area contributed by atoms with Crippen molar-refractivity contribution in [2.24, 2.45) is 0 Å². The Morgan fingerprint density at radius 2 is 1.74 bits per heavy atom. The molecule has 2 aromatic rings. The first-order chi connectivity index (χ1) is 12.8. The van der Waals surface area contributed by atoms with Crippen LogP contribution in [0.5, 0.6) is 0 Å². The van der Waals surface area contributed by atoms with Crippen molar-refractivity contribution in [2.45, 2.75) is 29.2 Å². The lowest BCUT2D eigenvalue weighted by Crippen LogP contribution is -2.32. The Morgan fingerprint density at radius 3 is 2.41 bits per heavy atom. The van der Waals surface area contributed by atoms with E-state index in [1.807, 2.05) is 43.3 Å². The molecule has 0 heterocycles. The van der Waals surface area contributed by atoms with E-state index in [2.05, 4.69) is 5.32 Å². The molecule has 1 atom stereocenters. The molecular weight excluding hydrogens is 380 g/mol. The Labute approximate surface area is 166 Å². The molecule has 5 nitrogen and oxygen atoms in total. The van der Waals surface area contributed by atoms with E-state index in [0.29, 0.717) is 12.3 Å². The van der Waals surface area contributed by atoms with Crippen molar-refractivity contribution in [3.63, 3.8) is 0 Å². The average molecular weight is 407 g/mol. The lowest BCUT2D eigenvalue weighted by Gasteiger charge is -2.14. The number of benzene rings is 2. The van der Waals surface area contributed by atoms with Gasteiger partial charge in [-0.1, -0.05) is 42.5 Å². The molecule has 7 heteroatoms. The van der Waals surface area contributed by atoms with Crippen molar-refractivity contribution in [2.75, 3.05) is 20.6 Å². The van der Waals surface area contributed by atoms with E-state index >= 15 is 0 Å². The summed E-state index contributed by atoms with van der Waals surface area (Å²) >= 11 is 1.49. The molecule has 0 bridgehead atoms. The summed E-state index contributed by atoms with van der Waals surface area (Å²) in [5.74, 6) is 0.567. The van der Waals surface area contributed by atoms with Crippen molar-refractivity contribution >= 4 is 27.7 Å². The van der Waals surface area contributed by atoms with Crippen LogP contribution < -0.4 is 5.32 Å². The molecule has 27 heavy (non-hydrogen) atoms. The molecule has 0 aliphatic carbocycles. The van der Waals surface area contributed by atoms with Crippen molar-refractivity contribution in [1.82, 2.24) is 9.62 Å². The first-order valence-corrected chi connectivity index (χ1v) is 11.2. The van der Waals surface area contributed by atoms with Crippen molar-refractivity contribution in [3.8, 4) is 0 Å².